The quantitative estimate of drug-likeness (QED) is 0.214. The van der Waals surface area contributed by atoms with Gasteiger partial charge in [0.15, 0.2) is 0 Å². The molecular weight excluding hydrogens is 344 g/mol. The summed E-state index contributed by atoms with van der Waals surface area (Å²) in [5.41, 5.74) is 2.94. The highest BCUT2D eigenvalue weighted by atomic mass is 32.1. The molecule has 0 nitrogen and oxygen atoms in total. The maximum absolute atomic E-state index is 2.37. The van der Waals surface area contributed by atoms with Crippen molar-refractivity contribution in [2.75, 3.05) is 0 Å². The van der Waals surface area contributed by atoms with Crippen LogP contribution in [0.15, 0.2) is 66.0 Å². The molecule has 138 valence electrons. The highest BCUT2D eigenvalue weighted by molar-refractivity contribution is 7.13. The van der Waals surface area contributed by atoms with Crippen LogP contribution in [0.5, 0.6) is 0 Å². The van der Waals surface area contributed by atoms with Crippen molar-refractivity contribution in [3.8, 4) is 10.4 Å². The van der Waals surface area contributed by atoms with Crippen molar-refractivity contribution in [2.24, 2.45) is 0 Å². The van der Waals surface area contributed by atoms with Crippen LogP contribution in [0.25, 0.3) is 32.0 Å². The van der Waals surface area contributed by atoms with Crippen molar-refractivity contribution in [3.63, 3.8) is 0 Å². The van der Waals surface area contributed by atoms with Crippen LogP contribution in [0.3, 0.4) is 0 Å². The molecule has 0 N–H and O–H groups in total. The first kappa shape index (κ1) is 18.3. The van der Waals surface area contributed by atoms with Gasteiger partial charge in [-0.25, -0.2) is 0 Å². The van der Waals surface area contributed by atoms with Crippen molar-refractivity contribution < 1.29 is 0 Å². The lowest BCUT2D eigenvalue weighted by molar-refractivity contribution is 0.608. The van der Waals surface area contributed by atoms with E-state index in [1.54, 1.807) is 0 Å². The van der Waals surface area contributed by atoms with Gasteiger partial charge in [-0.05, 0) is 57.5 Å². The molecule has 1 heteroatoms. The second-order valence-corrected chi connectivity index (χ2v) is 8.43. The van der Waals surface area contributed by atoms with Crippen LogP contribution >= 0.6 is 11.3 Å². The summed E-state index contributed by atoms with van der Waals surface area (Å²) in [5.74, 6) is 0. The number of aryl methyl sites for hydroxylation is 1. The van der Waals surface area contributed by atoms with Crippen LogP contribution in [0.1, 0.15) is 51.0 Å². The number of unbranched alkanes of at least 4 members (excludes halogenated alkanes) is 5. The van der Waals surface area contributed by atoms with Gasteiger partial charge < -0.3 is 0 Å². The summed E-state index contributed by atoms with van der Waals surface area (Å²) in [6.07, 6.45) is 9.28. The molecule has 0 atom stereocenters. The van der Waals surface area contributed by atoms with Gasteiger partial charge in [-0.3, -0.25) is 0 Å². The third kappa shape index (κ3) is 3.94. The average Bonchev–Trinajstić information content (AvgIpc) is 3.23. The first-order valence-corrected chi connectivity index (χ1v) is 11.2. The maximum atomic E-state index is 2.37. The third-order valence-corrected chi connectivity index (χ3v) is 6.43. The topological polar surface area (TPSA) is 0 Å². The Labute approximate surface area is 166 Å². The van der Waals surface area contributed by atoms with E-state index in [4.69, 9.17) is 0 Å². The van der Waals surface area contributed by atoms with Crippen LogP contribution in [0.2, 0.25) is 0 Å². The lowest BCUT2D eigenvalue weighted by atomic mass is 9.91. The molecular formula is C26H28S. The molecule has 0 spiro atoms. The summed E-state index contributed by atoms with van der Waals surface area (Å²) >= 11 is 1.85. The predicted octanol–water partition coefficient (Wildman–Crippen LogP) is 8.62. The van der Waals surface area contributed by atoms with Gasteiger partial charge >= 0.3 is 0 Å². The van der Waals surface area contributed by atoms with Crippen molar-refractivity contribution in [3.05, 3.63) is 71.6 Å². The highest BCUT2D eigenvalue weighted by Gasteiger charge is 2.13. The number of fused-ring (bicyclic) bond motifs is 2. The van der Waals surface area contributed by atoms with Crippen LogP contribution < -0.4 is 0 Å². The van der Waals surface area contributed by atoms with E-state index in [0.29, 0.717) is 0 Å². The van der Waals surface area contributed by atoms with E-state index in [9.17, 15) is 0 Å². The van der Waals surface area contributed by atoms with Crippen molar-refractivity contribution in [1.29, 1.82) is 0 Å². The molecule has 0 amide bonds. The first-order valence-electron chi connectivity index (χ1n) is 10.4. The summed E-state index contributed by atoms with van der Waals surface area (Å²) in [6.45, 7) is 2.28. The minimum atomic E-state index is 1.18. The third-order valence-electron chi connectivity index (χ3n) is 5.54. The summed E-state index contributed by atoms with van der Waals surface area (Å²) in [4.78, 5) is 1.38. The Morgan fingerprint density at radius 2 is 1.56 bits per heavy atom. The number of hydrogen-bond donors (Lipinski definition) is 0. The van der Waals surface area contributed by atoms with E-state index in [-0.39, 0.29) is 0 Å². The Hall–Kier alpha value is -2.12. The van der Waals surface area contributed by atoms with Crippen LogP contribution in [-0.4, -0.2) is 0 Å². The van der Waals surface area contributed by atoms with Gasteiger partial charge in [0.2, 0.25) is 0 Å². The molecule has 0 aliphatic heterocycles. The smallest absolute Gasteiger partial charge is 0.0355 e. The number of benzene rings is 3. The molecule has 27 heavy (non-hydrogen) atoms. The minimum Gasteiger partial charge on any atom is -0.144 e. The van der Waals surface area contributed by atoms with Gasteiger partial charge in [0.25, 0.3) is 0 Å². The maximum Gasteiger partial charge on any atom is 0.0355 e. The molecule has 0 radical (unpaired) electrons. The fraction of sp³-hybridized carbons (Fsp3) is 0.308. The van der Waals surface area contributed by atoms with Gasteiger partial charge in [-0.1, -0.05) is 87.6 Å². The van der Waals surface area contributed by atoms with E-state index in [1.807, 2.05) is 11.3 Å². The van der Waals surface area contributed by atoms with E-state index in [1.165, 1.54) is 82.5 Å². The fourth-order valence-electron chi connectivity index (χ4n) is 4.18. The van der Waals surface area contributed by atoms with Crippen molar-refractivity contribution >= 4 is 32.9 Å². The average molecular weight is 373 g/mol. The fourth-order valence-corrected chi connectivity index (χ4v) is 4.97. The largest absolute Gasteiger partial charge is 0.144 e. The summed E-state index contributed by atoms with van der Waals surface area (Å²) < 4.78 is 0. The number of rotatable bonds is 8. The summed E-state index contributed by atoms with van der Waals surface area (Å²) in [5, 5.41) is 7.75. The molecule has 4 aromatic rings. The Morgan fingerprint density at radius 3 is 2.41 bits per heavy atom. The summed E-state index contributed by atoms with van der Waals surface area (Å²) in [6, 6.07) is 22.5. The molecule has 4 rings (SSSR count). The van der Waals surface area contributed by atoms with Crippen molar-refractivity contribution in [2.45, 2.75) is 51.9 Å². The van der Waals surface area contributed by atoms with Crippen LogP contribution in [0.4, 0.5) is 0 Å². The lowest BCUT2D eigenvalue weighted by Crippen LogP contribution is -1.92. The molecule has 0 aliphatic rings. The zero-order valence-corrected chi connectivity index (χ0v) is 17.0. The molecule has 3 aromatic carbocycles. The standard InChI is InChI=1S/C26H28S/c1-2-3-4-5-6-7-12-20-14-10-15-22-19-21-13-8-9-16-23(21)26(25(20)22)24-17-11-18-27-24/h8-11,13-19H,2-7,12H2,1H3. The molecule has 0 saturated carbocycles. The monoisotopic (exact) mass is 372 g/mol. The molecule has 0 bridgehead atoms. The minimum absolute atomic E-state index is 1.18. The van der Waals surface area contributed by atoms with Crippen LogP contribution in [0, 0.1) is 0 Å². The normalized spacial score (nSPS) is 11.4. The van der Waals surface area contributed by atoms with E-state index < -0.39 is 0 Å². The summed E-state index contributed by atoms with van der Waals surface area (Å²) in [7, 11) is 0. The Bertz CT molecular complexity index is 1010. The van der Waals surface area contributed by atoms with Gasteiger partial charge in [-0.2, -0.15) is 0 Å². The molecule has 0 saturated heterocycles. The zero-order chi connectivity index (χ0) is 18.5. The number of hydrogen-bond acceptors (Lipinski definition) is 1. The lowest BCUT2D eigenvalue weighted by Gasteiger charge is -2.14. The van der Waals surface area contributed by atoms with Gasteiger partial charge in [0.05, 0.1) is 0 Å². The molecule has 0 aliphatic carbocycles. The first-order chi connectivity index (χ1) is 13.4. The number of thiophene rings is 1. The van der Waals surface area contributed by atoms with Gasteiger partial charge in [0, 0.05) is 10.4 Å². The Balaban J connectivity index is 1.76. The predicted molar refractivity (Wildman–Crippen MR) is 122 cm³/mol. The highest BCUT2D eigenvalue weighted by Crippen LogP contribution is 2.40. The molecule has 0 unspecified atom stereocenters. The van der Waals surface area contributed by atoms with E-state index in [2.05, 4.69) is 73.0 Å². The SMILES string of the molecule is CCCCCCCCc1cccc2cc3ccccc3c(-c3cccs3)c12. The molecule has 1 heterocycles. The van der Waals surface area contributed by atoms with E-state index >= 15 is 0 Å². The van der Waals surface area contributed by atoms with Crippen LogP contribution in [-0.2, 0) is 6.42 Å². The van der Waals surface area contributed by atoms with E-state index in [0.717, 1.165) is 0 Å². The second-order valence-electron chi connectivity index (χ2n) is 7.48. The van der Waals surface area contributed by atoms with Crippen molar-refractivity contribution in [1.82, 2.24) is 0 Å². The van der Waals surface area contributed by atoms with Gasteiger partial charge in [-0.15, -0.1) is 11.3 Å². The second kappa shape index (κ2) is 8.71. The zero-order valence-electron chi connectivity index (χ0n) is 16.2. The molecule has 1 aromatic heterocycles. The molecule has 0 fully saturated rings. The van der Waals surface area contributed by atoms with Gasteiger partial charge in [0.1, 0.15) is 0 Å². The Morgan fingerprint density at radius 1 is 0.741 bits per heavy atom. The Kier molecular flexibility index (Phi) is 5.89.